The zero-order valence-electron chi connectivity index (χ0n) is 9.99. The first kappa shape index (κ1) is 18.4. The third kappa shape index (κ3) is 9.31. The lowest BCUT2D eigenvalue weighted by atomic mass is 10.2. The second kappa shape index (κ2) is 9.14. The number of carbonyl (C=O) groups is 3. The van der Waals surface area contributed by atoms with Crippen LogP contribution in [-0.2, 0) is 19.1 Å². The molecule has 0 rings (SSSR count). The van der Waals surface area contributed by atoms with Crippen LogP contribution in [0.1, 0.15) is 13.3 Å². The summed E-state index contributed by atoms with van der Waals surface area (Å²) in [5, 5.41) is 32.9. The number of carbonyl (C=O) groups excluding carboxylic acids is 1. The third-order valence-corrected chi connectivity index (χ3v) is 1.60. The number of ether oxygens (including phenoxy) is 1. The van der Waals surface area contributed by atoms with E-state index in [0.717, 1.165) is 0 Å². The van der Waals surface area contributed by atoms with Gasteiger partial charge in [0.15, 0.2) is 6.10 Å². The fourth-order valence-corrected chi connectivity index (χ4v) is 0.554. The van der Waals surface area contributed by atoms with E-state index in [4.69, 9.17) is 20.4 Å². The van der Waals surface area contributed by atoms with Crippen LogP contribution in [0, 0.1) is 0 Å². The van der Waals surface area contributed by atoms with E-state index in [1.165, 1.54) is 14.0 Å². The van der Waals surface area contributed by atoms with Crippen molar-refractivity contribution in [1.82, 2.24) is 0 Å². The number of aliphatic hydroxyl groups excluding tert-OH is 2. The number of esters is 1. The summed E-state index contributed by atoms with van der Waals surface area (Å²) in [6, 6.07) is 0. The van der Waals surface area contributed by atoms with E-state index < -0.39 is 36.5 Å². The van der Waals surface area contributed by atoms with Gasteiger partial charge in [0.25, 0.3) is 0 Å². The molecule has 0 fully saturated rings. The predicted octanol–water partition coefficient (Wildman–Crippen LogP) is -0.997. The van der Waals surface area contributed by atoms with Crippen LogP contribution >= 0.6 is 0 Å². The molecule has 0 saturated carbocycles. The number of hydrogen-bond acceptors (Lipinski definition) is 6. The van der Waals surface area contributed by atoms with Gasteiger partial charge in [0.05, 0.1) is 25.2 Å². The maximum Gasteiger partial charge on any atom is 0.335 e. The average Bonchev–Trinajstić information content (AvgIpc) is 2.26. The molecule has 0 saturated heterocycles. The Morgan fingerprint density at radius 2 is 1.67 bits per heavy atom. The number of hydrogen-bond donors (Lipinski definition) is 4. The van der Waals surface area contributed by atoms with Crippen LogP contribution in [-0.4, -0.2) is 57.7 Å². The van der Waals surface area contributed by atoms with Gasteiger partial charge in [-0.25, -0.2) is 9.59 Å². The largest absolute Gasteiger partial charge is 0.481 e. The minimum Gasteiger partial charge on any atom is -0.481 e. The molecular formula is C10H16O8. The molecule has 0 aliphatic rings. The minimum atomic E-state index is -1.79. The van der Waals surface area contributed by atoms with Crippen LogP contribution < -0.4 is 0 Å². The summed E-state index contributed by atoms with van der Waals surface area (Å²) in [5.74, 6) is -3.41. The summed E-state index contributed by atoms with van der Waals surface area (Å²) in [6.07, 6.45) is -3.37. The topological polar surface area (TPSA) is 141 Å². The first-order valence-corrected chi connectivity index (χ1v) is 4.71. The number of carboxylic acid groups (broad SMARTS) is 2. The molecule has 2 unspecified atom stereocenters. The number of carboxylic acids is 2. The molecule has 0 aromatic rings. The van der Waals surface area contributed by atoms with Crippen LogP contribution in [0.15, 0.2) is 12.2 Å². The molecule has 0 amide bonds. The Balaban J connectivity index is 0. The van der Waals surface area contributed by atoms with Gasteiger partial charge in [-0.3, -0.25) is 4.79 Å². The first-order valence-electron chi connectivity index (χ1n) is 4.71. The quantitative estimate of drug-likeness (QED) is 0.366. The maximum absolute atomic E-state index is 10.5. The van der Waals surface area contributed by atoms with Crippen LogP contribution in [0.3, 0.4) is 0 Å². The number of methoxy groups -OCH3 is 1. The van der Waals surface area contributed by atoms with Crippen LogP contribution in [0.4, 0.5) is 0 Å². The van der Waals surface area contributed by atoms with E-state index in [1.807, 2.05) is 0 Å². The Kier molecular flexibility index (Phi) is 9.36. The third-order valence-electron chi connectivity index (χ3n) is 1.60. The molecule has 8 heteroatoms. The van der Waals surface area contributed by atoms with Gasteiger partial charge in [-0.05, 0) is 6.92 Å². The van der Waals surface area contributed by atoms with Crippen LogP contribution in [0.5, 0.6) is 0 Å². The van der Waals surface area contributed by atoms with Gasteiger partial charge in [-0.1, -0.05) is 6.58 Å². The molecule has 104 valence electrons. The Bertz CT molecular complexity index is 320. The van der Waals surface area contributed by atoms with Gasteiger partial charge in [0.2, 0.25) is 0 Å². The van der Waals surface area contributed by atoms with Gasteiger partial charge >= 0.3 is 17.9 Å². The summed E-state index contributed by atoms with van der Waals surface area (Å²) in [7, 11) is 1.25. The highest BCUT2D eigenvalue weighted by atomic mass is 16.5. The van der Waals surface area contributed by atoms with E-state index >= 15 is 0 Å². The van der Waals surface area contributed by atoms with Crippen molar-refractivity contribution >= 4 is 17.9 Å². The summed E-state index contributed by atoms with van der Waals surface area (Å²) in [4.78, 5) is 29.9. The molecule has 0 spiro atoms. The van der Waals surface area contributed by atoms with Crippen molar-refractivity contribution in [3.8, 4) is 0 Å². The maximum atomic E-state index is 10.5. The van der Waals surface area contributed by atoms with Crippen LogP contribution in [0.25, 0.3) is 0 Å². The second-order valence-electron chi connectivity index (χ2n) is 3.14. The zero-order chi connectivity index (χ0) is 14.9. The molecule has 0 aliphatic carbocycles. The van der Waals surface area contributed by atoms with E-state index in [0.29, 0.717) is 0 Å². The molecule has 0 aromatic heterocycles. The monoisotopic (exact) mass is 264 g/mol. The highest BCUT2D eigenvalue weighted by Gasteiger charge is 2.16. The summed E-state index contributed by atoms with van der Waals surface area (Å²) in [6.45, 7) is 4.76. The average molecular weight is 264 g/mol. The summed E-state index contributed by atoms with van der Waals surface area (Å²) >= 11 is 0. The Morgan fingerprint density at radius 3 is 1.78 bits per heavy atom. The van der Waals surface area contributed by atoms with Crippen molar-refractivity contribution in [2.75, 3.05) is 7.11 Å². The smallest absolute Gasteiger partial charge is 0.335 e. The minimum absolute atomic E-state index is 0.0810. The van der Waals surface area contributed by atoms with Crippen molar-refractivity contribution in [1.29, 1.82) is 0 Å². The van der Waals surface area contributed by atoms with E-state index in [-0.39, 0.29) is 5.57 Å². The second-order valence-corrected chi connectivity index (χ2v) is 3.14. The van der Waals surface area contributed by atoms with Crippen molar-refractivity contribution in [3.05, 3.63) is 12.2 Å². The fourth-order valence-electron chi connectivity index (χ4n) is 0.554. The molecule has 0 aromatic carbocycles. The molecule has 0 heterocycles. The van der Waals surface area contributed by atoms with Crippen molar-refractivity contribution in [2.45, 2.75) is 25.6 Å². The lowest BCUT2D eigenvalue weighted by molar-refractivity contribution is -0.152. The lowest BCUT2D eigenvalue weighted by Gasteiger charge is -2.03. The van der Waals surface area contributed by atoms with Gasteiger partial charge in [-0.2, -0.15) is 0 Å². The molecule has 0 aliphatic heterocycles. The standard InChI is InChI=1S/C6H10O3.C4H6O5/c1-4(5(2)7)6(8)9-3;5-2(4(8)9)1-3(6)7/h5,7H,1H2,2-3H3;2,5H,1H2,(H,6,7)(H,8,9). The Labute approximate surface area is 103 Å². The fraction of sp³-hybridized carbons (Fsp3) is 0.500. The van der Waals surface area contributed by atoms with E-state index in [1.54, 1.807) is 0 Å². The Morgan fingerprint density at radius 1 is 1.22 bits per heavy atom. The number of rotatable bonds is 5. The van der Waals surface area contributed by atoms with E-state index in [9.17, 15) is 14.4 Å². The van der Waals surface area contributed by atoms with Gasteiger partial charge in [0, 0.05) is 0 Å². The van der Waals surface area contributed by atoms with Crippen LogP contribution in [0.2, 0.25) is 0 Å². The molecule has 4 N–H and O–H groups in total. The summed E-state index contributed by atoms with van der Waals surface area (Å²) < 4.78 is 4.27. The SMILES string of the molecule is C=C(C(=O)OC)C(C)O.O=C(O)CC(O)C(=O)O. The highest BCUT2D eigenvalue weighted by molar-refractivity contribution is 5.88. The number of aliphatic hydroxyl groups is 2. The Hall–Kier alpha value is -1.93. The molecule has 18 heavy (non-hydrogen) atoms. The first-order chi connectivity index (χ1) is 8.13. The number of aliphatic carboxylic acids is 2. The normalized spacial score (nSPS) is 12.4. The highest BCUT2D eigenvalue weighted by Crippen LogP contribution is 1.98. The molecule has 8 nitrogen and oxygen atoms in total. The van der Waals surface area contributed by atoms with E-state index in [2.05, 4.69) is 11.3 Å². The summed E-state index contributed by atoms with van der Waals surface area (Å²) in [5.41, 5.74) is 0.0810. The lowest BCUT2D eigenvalue weighted by Crippen LogP contribution is -2.22. The van der Waals surface area contributed by atoms with Gasteiger partial charge in [0.1, 0.15) is 0 Å². The molecule has 0 bridgehead atoms. The van der Waals surface area contributed by atoms with Gasteiger partial charge in [-0.15, -0.1) is 0 Å². The van der Waals surface area contributed by atoms with Crippen molar-refractivity contribution in [3.63, 3.8) is 0 Å². The van der Waals surface area contributed by atoms with Crippen molar-refractivity contribution < 1.29 is 39.5 Å². The van der Waals surface area contributed by atoms with Crippen molar-refractivity contribution in [2.24, 2.45) is 0 Å². The zero-order valence-corrected chi connectivity index (χ0v) is 9.99. The molecule has 0 radical (unpaired) electrons. The predicted molar refractivity (Wildman–Crippen MR) is 58.7 cm³/mol. The molecule has 2 atom stereocenters. The molecular weight excluding hydrogens is 248 g/mol. The van der Waals surface area contributed by atoms with Gasteiger partial charge < -0.3 is 25.2 Å².